The zero-order valence-electron chi connectivity index (χ0n) is 12.7. The molecule has 0 aliphatic carbocycles. The molecule has 1 aromatic rings. The van der Waals surface area contributed by atoms with Crippen LogP contribution in [0.1, 0.15) is 5.56 Å². The second-order valence-corrected chi connectivity index (χ2v) is 5.60. The molecule has 1 fully saturated rings. The smallest absolute Gasteiger partial charge is 0.236 e. The summed E-state index contributed by atoms with van der Waals surface area (Å²) in [6.07, 6.45) is 0. The predicted molar refractivity (Wildman–Crippen MR) is 82.9 cm³/mol. The molecule has 1 saturated heterocycles. The Kier molecular flexibility index (Phi) is 6.17. The van der Waals surface area contributed by atoms with Gasteiger partial charge in [0.2, 0.25) is 5.91 Å². The first kappa shape index (κ1) is 15.9. The van der Waals surface area contributed by atoms with E-state index < -0.39 is 0 Å². The first-order valence-corrected chi connectivity index (χ1v) is 7.52. The van der Waals surface area contributed by atoms with Crippen LogP contribution in [0.15, 0.2) is 30.3 Å². The monoisotopic (exact) mass is 291 g/mol. The molecule has 5 heteroatoms. The van der Waals surface area contributed by atoms with E-state index in [2.05, 4.69) is 11.9 Å². The molecule has 1 aliphatic rings. The van der Waals surface area contributed by atoms with Crippen molar-refractivity contribution in [2.45, 2.75) is 6.54 Å². The van der Waals surface area contributed by atoms with Gasteiger partial charge in [0, 0.05) is 39.3 Å². The van der Waals surface area contributed by atoms with Crippen LogP contribution in [0.25, 0.3) is 0 Å². The summed E-state index contributed by atoms with van der Waals surface area (Å²) in [6.45, 7) is 5.13. The molecule has 116 valence electrons. The van der Waals surface area contributed by atoms with Crippen molar-refractivity contribution in [2.24, 2.45) is 0 Å². The summed E-state index contributed by atoms with van der Waals surface area (Å²) in [4.78, 5) is 18.5. The minimum absolute atomic E-state index is 0.0723. The molecule has 0 spiro atoms. The van der Waals surface area contributed by atoms with Gasteiger partial charge in [0.1, 0.15) is 0 Å². The Morgan fingerprint density at radius 2 is 1.86 bits per heavy atom. The number of hydrogen-bond acceptors (Lipinski definition) is 4. The Hall–Kier alpha value is -1.43. The van der Waals surface area contributed by atoms with Crippen LogP contribution in [0.3, 0.4) is 0 Å². The van der Waals surface area contributed by atoms with E-state index in [0.717, 1.165) is 31.7 Å². The second-order valence-electron chi connectivity index (χ2n) is 5.60. The fourth-order valence-corrected chi connectivity index (χ4v) is 2.54. The highest BCUT2D eigenvalue weighted by Gasteiger charge is 2.21. The van der Waals surface area contributed by atoms with Crippen LogP contribution in [-0.2, 0) is 11.3 Å². The molecule has 0 saturated carbocycles. The van der Waals surface area contributed by atoms with Crippen molar-refractivity contribution >= 4 is 5.91 Å². The highest BCUT2D eigenvalue weighted by atomic mass is 16.3. The van der Waals surface area contributed by atoms with Gasteiger partial charge in [-0.15, -0.1) is 0 Å². The van der Waals surface area contributed by atoms with Gasteiger partial charge in [0.25, 0.3) is 0 Å². The zero-order valence-corrected chi connectivity index (χ0v) is 12.7. The fourth-order valence-electron chi connectivity index (χ4n) is 2.54. The maximum Gasteiger partial charge on any atom is 0.236 e. The average molecular weight is 291 g/mol. The third-order valence-corrected chi connectivity index (χ3v) is 3.88. The molecule has 0 unspecified atom stereocenters. The van der Waals surface area contributed by atoms with Gasteiger partial charge in [-0.25, -0.2) is 0 Å². The van der Waals surface area contributed by atoms with Crippen molar-refractivity contribution in [1.82, 2.24) is 14.7 Å². The standard InChI is InChI=1S/C16H25N3O2/c1-17-7-9-19(10-8-17)16(21)14-18(11-12-20)13-15-5-3-2-4-6-15/h2-6,20H,7-14H2,1H3. The van der Waals surface area contributed by atoms with E-state index in [1.807, 2.05) is 40.1 Å². The fraction of sp³-hybridized carbons (Fsp3) is 0.562. The Balaban J connectivity index is 1.88. The lowest BCUT2D eigenvalue weighted by Gasteiger charge is -2.34. The number of carbonyl (C=O) groups is 1. The highest BCUT2D eigenvalue weighted by molar-refractivity contribution is 5.78. The summed E-state index contributed by atoms with van der Waals surface area (Å²) in [6, 6.07) is 10.1. The number of hydrogen-bond donors (Lipinski definition) is 1. The Morgan fingerprint density at radius 3 is 2.48 bits per heavy atom. The lowest BCUT2D eigenvalue weighted by molar-refractivity contribution is -0.134. The molecule has 1 aromatic carbocycles. The van der Waals surface area contributed by atoms with Crippen LogP contribution in [-0.4, -0.2) is 78.6 Å². The van der Waals surface area contributed by atoms with Gasteiger partial charge in [0.15, 0.2) is 0 Å². The number of benzene rings is 1. The number of piperazine rings is 1. The van der Waals surface area contributed by atoms with E-state index in [1.54, 1.807) is 0 Å². The number of nitrogens with zero attached hydrogens (tertiary/aromatic N) is 3. The Labute approximate surface area is 126 Å². The second kappa shape index (κ2) is 8.12. The topological polar surface area (TPSA) is 47.0 Å². The number of carbonyl (C=O) groups excluding carboxylic acids is 1. The molecular weight excluding hydrogens is 266 g/mol. The summed E-state index contributed by atoms with van der Waals surface area (Å²) in [5.74, 6) is 0.160. The van der Waals surface area contributed by atoms with Crippen molar-refractivity contribution in [2.75, 3.05) is 52.9 Å². The molecule has 0 bridgehead atoms. The van der Waals surface area contributed by atoms with E-state index in [4.69, 9.17) is 0 Å². The molecule has 5 nitrogen and oxygen atoms in total. The zero-order chi connectivity index (χ0) is 15.1. The van der Waals surface area contributed by atoms with Gasteiger partial charge in [-0.05, 0) is 12.6 Å². The molecule has 1 aliphatic heterocycles. The van der Waals surface area contributed by atoms with Gasteiger partial charge in [-0.2, -0.15) is 0 Å². The number of aliphatic hydroxyl groups excluding tert-OH is 1. The van der Waals surface area contributed by atoms with Crippen molar-refractivity contribution in [3.05, 3.63) is 35.9 Å². The van der Waals surface area contributed by atoms with Crippen LogP contribution in [0, 0.1) is 0 Å². The van der Waals surface area contributed by atoms with Gasteiger partial charge >= 0.3 is 0 Å². The van der Waals surface area contributed by atoms with E-state index in [1.165, 1.54) is 0 Å². The summed E-state index contributed by atoms with van der Waals surface area (Å²) in [7, 11) is 2.08. The molecule has 1 heterocycles. The third-order valence-electron chi connectivity index (χ3n) is 3.88. The maximum atomic E-state index is 12.4. The SMILES string of the molecule is CN1CCN(C(=O)CN(CCO)Cc2ccccc2)CC1. The molecule has 0 radical (unpaired) electrons. The van der Waals surface area contributed by atoms with Gasteiger partial charge in [-0.3, -0.25) is 9.69 Å². The predicted octanol–water partition coefficient (Wildman–Crippen LogP) is 0.255. The maximum absolute atomic E-state index is 12.4. The molecule has 2 rings (SSSR count). The summed E-state index contributed by atoms with van der Waals surface area (Å²) in [5.41, 5.74) is 1.16. The molecule has 21 heavy (non-hydrogen) atoms. The first-order chi connectivity index (χ1) is 10.2. The quantitative estimate of drug-likeness (QED) is 0.816. The molecule has 1 amide bonds. The lowest BCUT2D eigenvalue weighted by atomic mass is 10.2. The molecule has 0 atom stereocenters. The van der Waals surface area contributed by atoms with E-state index in [0.29, 0.717) is 19.6 Å². The van der Waals surface area contributed by atoms with Crippen LogP contribution in [0.5, 0.6) is 0 Å². The normalized spacial score (nSPS) is 16.4. The highest BCUT2D eigenvalue weighted by Crippen LogP contribution is 2.06. The minimum Gasteiger partial charge on any atom is -0.395 e. The van der Waals surface area contributed by atoms with Gasteiger partial charge in [-0.1, -0.05) is 30.3 Å². The number of likely N-dealkylation sites (N-methyl/N-ethyl adjacent to an activating group) is 1. The number of rotatable bonds is 6. The van der Waals surface area contributed by atoms with Crippen molar-refractivity contribution in [3.8, 4) is 0 Å². The number of aliphatic hydroxyl groups is 1. The van der Waals surface area contributed by atoms with E-state index in [-0.39, 0.29) is 12.5 Å². The molecular formula is C16H25N3O2. The van der Waals surface area contributed by atoms with Crippen molar-refractivity contribution in [1.29, 1.82) is 0 Å². The Morgan fingerprint density at radius 1 is 1.19 bits per heavy atom. The van der Waals surface area contributed by atoms with Crippen LogP contribution >= 0.6 is 0 Å². The average Bonchev–Trinajstić information content (AvgIpc) is 2.49. The lowest BCUT2D eigenvalue weighted by Crippen LogP contribution is -2.50. The molecule has 0 aromatic heterocycles. The summed E-state index contributed by atoms with van der Waals surface area (Å²) >= 11 is 0. The Bertz CT molecular complexity index is 430. The third kappa shape index (κ3) is 5.12. The number of amides is 1. The van der Waals surface area contributed by atoms with Crippen molar-refractivity contribution < 1.29 is 9.90 Å². The van der Waals surface area contributed by atoms with Crippen LogP contribution in [0.2, 0.25) is 0 Å². The van der Waals surface area contributed by atoms with Gasteiger partial charge in [0.05, 0.1) is 13.2 Å². The minimum atomic E-state index is 0.0723. The summed E-state index contributed by atoms with van der Waals surface area (Å²) < 4.78 is 0. The van der Waals surface area contributed by atoms with E-state index in [9.17, 15) is 9.90 Å². The van der Waals surface area contributed by atoms with Gasteiger partial charge < -0.3 is 14.9 Å². The van der Waals surface area contributed by atoms with Crippen LogP contribution < -0.4 is 0 Å². The van der Waals surface area contributed by atoms with Crippen molar-refractivity contribution in [3.63, 3.8) is 0 Å². The van der Waals surface area contributed by atoms with E-state index >= 15 is 0 Å². The summed E-state index contributed by atoms with van der Waals surface area (Å²) in [5, 5.41) is 9.20. The largest absolute Gasteiger partial charge is 0.395 e. The molecule has 1 N–H and O–H groups in total. The van der Waals surface area contributed by atoms with Crippen LogP contribution in [0.4, 0.5) is 0 Å². The first-order valence-electron chi connectivity index (χ1n) is 7.52.